The number of benzene rings is 1. The number of methoxy groups -OCH3 is 1. The number of alkyl halides is 3. The van der Waals surface area contributed by atoms with Crippen LogP contribution >= 0.6 is 0 Å². The molecule has 1 amide bonds. The summed E-state index contributed by atoms with van der Waals surface area (Å²) in [5, 5.41) is 0. The Morgan fingerprint density at radius 3 is 2.38 bits per heavy atom. The first-order chi connectivity index (χ1) is 7.33. The van der Waals surface area contributed by atoms with E-state index in [2.05, 4.69) is 9.47 Å². The van der Waals surface area contributed by atoms with Crippen LogP contribution in [0.5, 0.6) is 11.5 Å². The third-order valence-electron chi connectivity index (χ3n) is 1.67. The number of carbonyl (C=O) groups is 1. The molecule has 0 bridgehead atoms. The molecule has 1 aromatic rings. The molecule has 2 N–H and O–H groups in total. The van der Waals surface area contributed by atoms with Crippen molar-refractivity contribution in [2.75, 3.05) is 7.11 Å². The quantitative estimate of drug-likeness (QED) is 0.867. The highest BCUT2D eigenvalue weighted by atomic mass is 19.4. The average Bonchev–Trinajstić information content (AvgIpc) is 2.15. The van der Waals surface area contributed by atoms with Crippen molar-refractivity contribution >= 4 is 5.91 Å². The summed E-state index contributed by atoms with van der Waals surface area (Å²) >= 11 is 0. The van der Waals surface area contributed by atoms with Gasteiger partial charge in [0.15, 0.2) is 11.5 Å². The van der Waals surface area contributed by atoms with Gasteiger partial charge in [0.25, 0.3) is 0 Å². The number of primary amides is 1. The summed E-state index contributed by atoms with van der Waals surface area (Å²) < 4.78 is 44.2. The van der Waals surface area contributed by atoms with Gasteiger partial charge in [-0.05, 0) is 18.2 Å². The van der Waals surface area contributed by atoms with Gasteiger partial charge in [-0.15, -0.1) is 13.2 Å². The smallest absolute Gasteiger partial charge is 0.493 e. The maximum absolute atomic E-state index is 11.9. The number of halogens is 3. The molecule has 0 aliphatic carbocycles. The summed E-state index contributed by atoms with van der Waals surface area (Å²) in [4.78, 5) is 10.8. The van der Waals surface area contributed by atoms with E-state index in [1.165, 1.54) is 0 Å². The summed E-state index contributed by atoms with van der Waals surface area (Å²) in [6.07, 6.45) is -4.82. The summed E-state index contributed by atoms with van der Waals surface area (Å²) in [6, 6.07) is 3.15. The number of amides is 1. The molecule has 0 aromatic heterocycles. The predicted molar refractivity (Wildman–Crippen MR) is 48.2 cm³/mol. The summed E-state index contributed by atoms with van der Waals surface area (Å²) in [7, 11) is 1.16. The first-order valence-corrected chi connectivity index (χ1v) is 4.07. The molecule has 0 atom stereocenters. The summed E-state index contributed by atoms with van der Waals surface area (Å²) in [5.41, 5.74) is 4.99. The minimum absolute atomic E-state index is 0.0337. The van der Waals surface area contributed by atoms with Crippen LogP contribution in [0.25, 0.3) is 0 Å². The van der Waals surface area contributed by atoms with Crippen molar-refractivity contribution in [2.45, 2.75) is 6.36 Å². The van der Waals surface area contributed by atoms with E-state index in [1.807, 2.05) is 0 Å². The molecule has 16 heavy (non-hydrogen) atoms. The molecule has 0 saturated carbocycles. The van der Waals surface area contributed by atoms with Gasteiger partial charge in [-0.1, -0.05) is 0 Å². The maximum Gasteiger partial charge on any atom is 0.573 e. The molecule has 0 aliphatic rings. The van der Waals surface area contributed by atoms with Crippen LogP contribution in [0.3, 0.4) is 0 Å². The second-order valence-corrected chi connectivity index (χ2v) is 2.78. The molecule has 88 valence electrons. The minimum atomic E-state index is -4.82. The first-order valence-electron chi connectivity index (χ1n) is 4.07. The Labute approximate surface area is 88.8 Å². The fraction of sp³-hybridized carbons (Fsp3) is 0.222. The Balaban J connectivity index is 3.07. The lowest BCUT2D eigenvalue weighted by molar-refractivity contribution is -0.275. The van der Waals surface area contributed by atoms with Crippen LogP contribution in [0.2, 0.25) is 0 Å². The van der Waals surface area contributed by atoms with Gasteiger partial charge in [0.2, 0.25) is 5.91 Å². The highest BCUT2D eigenvalue weighted by Crippen LogP contribution is 2.32. The van der Waals surface area contributed by atoms with Crippen molar-refractivity contribution in [3.05, 3.63) is 23.8 Å². The maximum atomic E-state index is 11.9. The van der Waals surface area contributed by atoms with E-state index >= 15 is 0 Å². The molecule has 4 nitrogen and oxygen atoms in total. The molecule has 7 heteroatoms. The van der Waals surface area contributed by atoms with Crippen LogP contribution in [0.1, 0.15) is 10.4 Å². The molecule has 1 rings (SSSR count). The third-order valence-corrected chi connectivity index (χ3v) is 1.67. The lowest BCUT2D eigenvalue weighted by atomic mass is 10.2. The van der Waals surface area contributed by atoms with Gasteiger partial charge in [0, 0.05) is 5.56 Å². The largest absolute Gasteiger partial charge is 0.573 e. The van der Waals surface area contributed by atoms with Crippen LogP contribution in [0.4, 0.5) is 13.2 Å². The Kier molecular flexibility index (Phi) is 3.26. The van der Waals surface area contributed by atoms with E-state index in [4.69, 9.17) is 5.73 Å². The minimum Gasteiger partial charge on any atom is -0.493 e. The van der Waals surface area contributed by atoms with E-state index in [-0.39, 0.29) is 11.3 Å². The number of carbonyl (C=O) groups excluding carboxylic acids is 1. The monoisotopic (exact) mass is 235 g/mol. The van der Waals surface area contributed by atoms with E-state index in [0.29, 0.717) is 0 Å². The standard InChI is InChI=1S/C9H8F3NO3/c1-15-7-4-5(8(13)14)2-3-6(7)16-9(10,11)12/h2-4H,1H3,(H2,13,14). The molecule has 0 aliphatic heterocycles. The van der Waals surface area contributed by atoms with E-state index in [0.717, 1.165) is 25.3 Å². The van der Waals surface area contributed by atoms with Crippen molar-refractivity contribution < 1.29 is 27.4 Å². The van der Waals surface area contributed by atoms with Crippen molar-refractivity contribution in [3.63, 3.8) is 0 Å². The number of nitrogens with two attached hydrogens (primary N) is 1. The molecule has 0 unspecified atom stereocenters. The van der Waals surface area contributed by atoms with Gasteiger partial charge in [0.05, 0.1) is 7.11 Å². The number of hydrogen-bond donors (Lipinski definition) is 1. The zero-order chi connectivity index (χ0) is 12.3. The summed E-state index contributed by atoms with van der Waals surface area (Å²) in [6.45, 7) is 0. The van der Waals surface area contributed by atoms with E-state index in [1.54, 1.807) is 0 Å². The molecular formula is C9H8F3NO3. The lowest BCUT2D eigenvalue weighted by Crippen LogP contribution is -2.18. The van der Waals surface area contributed by atoms with Crippen molar-refractivity contribution in [1.82, 2.24) is 0 Å². The van der Waals surface area contributed by atoms with Crippen LogP contribution in [-0.2, 0) is 0 Å². The SMILES string of the molecule is COc1cc(C(N)=O)ccc1OC(F)(F)F. The fourth-order valence-electron chi connectivity index (χ4n) is 1.03. The molecular weight excluding hydrogens is 227 g/mol. The predicted octanol–water partition coefficient (Wildman–Crippen LogP) is 1.69. The van der Waals surface area contributed by atoms with Gasteiger partial charge in [-0.3, -0.25) is 4.79 Å². The Morgan fingerprint density at radius 2 is 1.94 bits per heavy atom. The number of rotatable bonds is 3. The molecule has 0 fully saturated rings. The fourth-order valence-corrected chi connectivity index (χ4v) is 1.03. The van der Waals surface area contributed by atoms with Crippen molar-refractivity contribution in [2.24, 2.45) is 5.73 Å². The van der Waals surface area contributed by atoms with Gasteiger partial charge >= 0.3 is 6.36 Å². The van der Waals surface area contributed by atoms with E-state index < -0.39 is 18.0 Å². The van der Waals surface area contributed by atoms with Gasteiger partial charge in [0.1, 0.15) is 0 Å². The molecule has 0 heterocycles. The van der Waals surface area contributed by atoms with Gasteiger partial charge < -0.3 is 15.2 Å². The third kappa shape index (κ3) is 3.04. The highest BCUT2D eigenvalue weighted by Gasteiger charge is 2.32. The Hall–Kier alpha value is -1.92. The molecule has 0 saturated heterocycles. The van der Waals surface area contributed by atoms with Gasteiger partial charge in [-0.2, -0.15) is 0 Å². The van der Waals surface area contributed by atoms with Crippen LogP contribution in [0, 0.1) is 0 Å². The van der Waals surface area contributed by atoms with Crippen LogP contribution < -0.4 is 15.2 Å². The first kappa shape index (κ1) is 12.2. The van der Waals surface area contributed by atoms with Crippen LogP contribution in [0.15, 0.2) is 18.2 Å². The number of ether oxygens (including phenoxy) is 2. The molecule has 0 spiro atoms. The lowest BCUT2D eigenvalue weighted by Gasteiger charge is -2.12. The average molecular weight is 235 g/mol. The topological polar surface area (TPSA) is 61.5 Å². The molecule has 1 aromatic carbocycles. The van der Waals surface area contributed by atoms with Crippen molar-refractivity contribution in [3.8, 4) is 11.5 Å². The van der Waals surface area contributed by atoms with Gasteiger partial charge in [-0.25, -0.2) is 0 Å². The zero-order valence-corrected chi connectivity index (χ0v) is 8.17. The Morgan fingerprint density at radius 1 is 1.31 bits per heavy atom. The normalized spacial score (nSPS) is 11.0. The summed E-state index contributed by atoms with van der Waals surface area (Å²) in [5.74, 6) is -1.51. The zero-order valence-electron chi connectivity index (χ0n) is 8.17. The van der Waals surface area contributed by atoms with Crippen LogP contribution in [-0.4, -0.2) is 19.4 Å². The highest BCUT2D eigenvalue weighted by molar-refractivity contribution is 5.93. The van der Waals surface area contributed by atoms with Crippen molar-refractivity contribution in [1.29, 1.82) is 0 Å². The molecule has 0 radical (unpaired) electrons. The Bertz CT molecular complexity index is 403. The second-order valence-electron chi connectivity index (χ2n) is 2.78. The number of hydrogen-bond acceptors (Lipinski definition) is 3. The van der Waals surface area contributed by atoms with E-state index in [9.17, 15) is 18.0 Å². The second kappa shape index (κ2) is 4.30.